The zero-order chi connectivity index (χ0) is 15.1. The van der Waals surface area contributed by atoms with Crippen molar-refractivity contribution in [1.29, 1.82) is 0 Å². The first-order valence-corrected chi connectivity index (χ1v) is 7.77. The van der Waals surface area contributed by atoms with Crippen LogP contribution in [0.3, 0.4) is 0 Å². The molecule has 1 aliphatic carbocycles. The standard InChI is InChI=1S/C16H24ClNO2/c1-6-20-15-8-14(16(15,4)5)18-10(2)7-12(11(18)3)13(19)9-17/h7,14-15H,6,8-9H2,1-5H3. The summed E-state index contributed by atoms with van der Waals surface area (Å²) in [5, 5.41) is 0. The average molecular weight is 298 g/mol. The molecule has 2 unspecified atom stereocenters. The van der Waals surface area contributed by atoms with Crippen LogP contribution >= 0.6 is 11.6 Å². The van der Waals surface area contributed by atoms with Crippen molar-refractivity contribution in [3.8, 4) is 0 Å². The summed E-state index contributed by atoms with van der Waals surface area (Å²) in [7, 11) is 0. The SMILES string of the molecule is CCOC1CC(n2c(C)cc(C(=O)CCl)c2C)C1(C)C. The van der Waals surface area contributed by atoms with Gasteiger partial charge in [0.05, 0.1) is 12.0 Å². The molecule has 3 nitrogen and oxygen atoms in total. The molecule has 0 aliphatic heterocycles. The van der Waals surface area contributed by atoms with Gasteiger partial charge in [-0.25, -0.2) is 0 Å². The number of aryl methyl sites for hydroxylation is 1. The van der Waals surface area contributed by atoms with Gasteiger partial charge in [-0.2, -0.15) is 0 Å². The number of alkyl halides is 1. The number of halogens is 1. The van der Waals surface area contributed by atoms with E-state index in [1.54, 1.807) is 0 Å². The zero-order valence-corrected chi connectivity index (χ0v) is 13.8. The Labute approximate surface area is 126 Å². The van der Waals surface area contributed by atoms with Gasteiger partial charge in [0, 0.05) is 35.0 Å². The molecule has 0 aromatic carbocycles. The van der Waals surface area contributed by atoms with E-state index < -0.39 is 0 Å². The molecule has 112 valence electrons. The molecular formula is C16H24ClNO2. The summed E-state index contributed by atoms with van der Waals surface area (Å²) in [6.45, 7) is 11.3. The second-order valence-corrected chi connectivity index (χ2v) is 6.50. The van der Waals surface area contributed by atoms with Crippen molar-refractivity contribution in [3.05, 3.63) is 23.0 Å². The van der Waals surface area contributed by atoms with Gasteiger partial charge in [0.15, 0.2) is 5.78 Å². The van der Waals surface area contributed by atoms with E-state index in [-0.39, 0.29) is 17.1 Å². The minimum absolute atomic E-state index is 0.00417. The van der Waals surface area contributed by atoms with Crippen LogP contribution in [0.25, 0.3) is 0 Å². The maximum Gasteiger partial charge on any atom is 0.179 e. The lowest BCUT2D eigenvalue weighted by molar-refractivity contribution is -0.128. The first-order valence-electron chi connectivity index (χ1n) is 7.23. The van der Waals surface area contributed by atoms with Gasteiger partial charge in [-0.3, -0.25) is 4.79 Å². The van der Waals surface area contributed by atoms with Gasteiger partial charge in [0.1, 0.15) is 0 Å². The molecule has 2 atom stereocenters. The third-order valence-electron chi connectivity index (χ3n) is 4.71. The van der Waals surface area contributed by atoms with Gasteiger partial charge in [-0.05, 0) is 33.3 Å². The highest BCUT2D eigenvalue weighted by atomic mass is 35.5. The third-order valence-corrected chi connectivity index (χ3v) is 4.95. The topological polar surface area (TPSA) is 31.2 Å². The molecule has 0 radical (unpaired) electrons. The van der Waals surface area contributed by atoms with Gasteiger partial charge in [0.2, 0.25) is 0 Å². The number of carbonyl (C=O) groups excluding carboxylic acids is 1. The molecule has 1 saturated carbocycles. The van der Waals surface area contributed by atoms with Gasteiger partial charge in [-0.1, -0.05) is 13.8 Å². The Morgan fingerprint density at radius 3 is 2.65 bits per heavy atom. The van der Waals surface area contributed by atoms with Crippen LogP contribution in [0.2, 0.25) is 0 Å². The minimum Gasteiger partial charge on any atom is -0.378 e. The number of hydrogen-bond donors (Lipinski definition) is 0. The third kappa shape index (κ3) is 2.31. The Balaban J connectivity index is 2.32. The van der Waals surface area contributed by atoms with Gasteiger partial charge in [0.25, 0.3) is 0 Å². The first-order chi connectivity index (χ1) is 9.34. The number of hydrogen-bond acceptors (Lipinski definition) is 2. The van der Waals surface area contributed by atoms with Crippen molar-refractivity contribution in [1.82, 2.24) is 4.57 Å². The normalized spacial score (nSPS) is 24.5. The Bertz CT molecular complexity index is 519. The summed E-state index contributed by atoms with van der Waals surface area (Å²) in [4.78, 5) is 11.9. The lowest BCUT2D eigenvalue weighted by Crippen LogP contribution is -2.51. The molecule has 1 aliphatic rings. The first kappa shape index (κ1) is 15.6. The van der Waals surface area contributed by atoms with E-state index in [4.69, 9.17) is 16.3 Å². The molecule has 1 aromatic heterocycles. The highest BCUT2D eigenvalue weighted by Gasteiger charge is 2.50. The largest absolute Gasteiger partial charge is 0.378 e. The molecule has 0 amide bonds. The Kier molecular flexibility index (Phi) is 4.31. The fraction of sp³-hybridized carbons (Fsp3) is 0.688. The van der Waals surface area contributed by atoms with Crippen molar-refractivity contribution in [3.63, 3.8) is 0 Å². The van der Waals surface area contributed by atoms with Crippen LogP contribution in [0.15, 0.2) is 6.07 Å². The van der Waals surface area contributed by atoms with Crippen molar-refractivity contribution >= 4 is 17.4 Å². The molecule has 1 fully saturated rings. The van der Waals surface area contributed by atoms with Gasteiger partial charge >= 0.3 is 0 Å². The number of carbonyl (C=O) groups is 1. The summed E-state index contributed by atoms with van der Waals surface area (Å²) >= 11 is 5.69. The quantitative estimate of drug-likeness (QED) is 0.609. The number of rotatable bonds is 5. The molecule has 0 bridgehead atoms. The van der Waals surface area contributed by atoms with E-state index >= 15 is 0 Å². The number of ketones is 1. The average Bonchev–Trinajstić information content (AvgIpc) is 2.69. The highest BCUT2D eigenvalue weighted by molar-refractivity contribution is 6.30. The minimum atomic E-state index is 0.00417. The van der Waals surface area contributed by atoms with E-state index in [2.05, 4.69) is 25.3 Å². The van der Waals surface area contributed by atoms with Crippen LogP contribution in [-0.4, -0.2) is 28.9 Å². The van der Waals surface area contributed by atoms with E-state index in [1.165, 1.54) is 0 Å². The van der Waals surface area contributed by atoms with Crippen LogP contribution < -0.4 is 0 Å². The Morgan fingerprint density at radius 1 is 1.50 bits per heavy atom. The monoisotopic (exact) mass is 297 g/mol. The molecular weight excluding hydrogens is 274 g/mol. The lowest BCUT2D eigenvalue weighted by Gasteiger charge is -2.53. The second kappa shape index (κ2) is 5.53. The van der Waals surface area contributed by atoms with Crippen LogP contribution in [0.4, 0.5) is 0 Å². The molecule has 0 spiro atoms. The molecule has 2 rings (SSSR count). The summed E-state index contributed by atoms with van der Waals surface area (Å²) < 4.78 is 8.09. The van der Waals surface area contributed by atoms with E-state index in [9.17, 15) is 4.79 Å². The molecule has 1 heterocycles. The number of Topliss-reactive ketones (excluding diaryl/α,β-unsaturated/α-hetero) is 1. The summed E-state index contributed by atoms with van der Waals surface area (Å²) in [6, 6.07) is 2.35. The maximum atomic E-state index is 11.9. The van der Waals surface area contributed by atoms with Crippen LogP contribution in [0.5, 0.6) is 0 Å². The number of aromatic nitrogens is 1. The van der Waals surface area contributed by atoms with E-state index in [0.29, 0.717) is 12.1 Å². The Hall–Kier alpha value is -0.800. The number of nitrogens with zero attached hydrogens (tertiary/aromatic N) is 1. The smallest absolute Gasteiger partial charge is 0.179 e. The molecule has 4 heteroatoms. The summed E-state index contributed by atoms with van der Waals surface area (Å²) in [5.41, 5.74) is 3.00. The fourth-order valence-corrected chi connectivity index (χ4v) is 3.54. The van der Waals surface area contributed by atoms with Crippen molar-refractivity contribution < 1.29 is 9.53 Å². The van der Waals surface area contributed by atoms with E-state index in [1.807, 2.05) is 19.9 Å². The van der Waals surface area contributed by atoms with Crippen molar-refractivity contribution in [2.75, 3.05) is 12.5 Å². The Morgan fingerprint density at radius 2 is 2.15 bits per heavy atom. The predicted octanol–water partition coefficient (Wildman–Crippen LogP) is 3.90. The fourth-order valence-electron chi connectivity index (χ4n) is 3.40. The molecule has 0 saturated heterocycles. The summed E-state index contributed by atoms with van der Waals surface area (Å²) in [6.07, 6.45) is 1.30. The van der Waals surface area contributed by atoms with Crippen LogP contribution in [0, 0.1) is 19.3 Å². The zero-order valence-electron chi connectivity index (χ0n) is 13.0. The predicted molar refractivity (Wildman–Crippen MR) is 81.8 cm³/mol. The van der Waals surface area contributed by atoms with Crippen molar-refractivity contribution in [2.24, 2.45) is 5.41 Å². The number of ether oxygens (including phenoxy) is 1. The second-order valence-electron chi connectivity index (χ2n) is 6.23. The maximum absolute atomic E-state index is 11.9. The summed E-state index contributed by atoms with van der Waals surface area (Å²) in [5.74, 6) is 0.0458. The molecule has 1 aromatic rings. The van der Waals surface area contributed by atoms with Crippen molar-refractivity contribution in [2.45, 2.75) is 53.2 Å². The van der Waals surface area contributed by atoms with Crippen LogP contribution in [0.1, 0.15) is 55.0 Å². The lowest BCUT2D eigenvalue weighted by atomic mass is 9.64. The molecule has 20 heavy (non-hydrogen) atoms. The molecule has 0 N–H and O–H groups in total. The van der Waals surface area contributed by atoms with Crippen LogP contribution in [-0.2, 0) is 4.74 Å². The van der Waals surface area contributed by atoms with Gasteiger partial charge < -0.3 is 9.30 Å². The van der Waals surface area contributed by atoms with E-state index in [0.717, 1.165) is 30.0 Å². The highest BCUT2D eigenvalue weighted by Crippen LogP contribution is 2.52. The van der Waals surface area contributed by atoms with Gasteiger partial charge in [-0.15, -0.1) is 11.6 Å².